The van der Waals surface area contributed by atoms with Crippen molar-refractivity contribution in [2.24, 2.45) is 0 Å². The van der Waals surface area contributed by atoms with Gasteiger partial charge in [0.2, 0.25) is 0 Å². The molecule has 1 amide bonds. The van der Waals surface area contributed by atoms with E-state index in [1.165, 1.54) is 5.56 Å². The van der Waals surface area contributed by atoms with E-state index >= 15 is 0 Å². The fraction of sp³-hybridized carbons (Fsp3) is 0.462. The summed E-state index contributed by atoms with van der Waals surface area (Å²) in [5.74, 6) is -0.0968. The summed E-state index contributed by atoms with van der Waals surface area (Å²) in [7, 11) is 1.68. The number of carbonyl (C=O) groups excluding carboxylic acids is 1. The van der Waals surface area contributed by atoms with Crippen LogP contribution in [0.5, 0.6) is 0 Å². The molecule has 0 atom stereocenters. The van der Waals surface area contributed by atoms with E-state index < -0.39 is 0 Å². The van der Waals surface area contributed by atoms with Gasteiger partial charge in [-0.2, -0.15) is 0 Å². The summed E-state index contributed by atoms with van der Waals surface area (Å²) in [4.78, 5) is 11.7. The van der Waals surface area contributed by atoms with Gasteiger partial charge >= 0.3 is 0 Å². The van der Waals surface area contributed by atoms with Gasteiger partial charge in [-0.15, -0.1) is 0 Å². The monoisotopic (exact) mass is 220 g/mol. The third-order valence-electron chi connectivity index (χ3n) is 2.58. The van der Waals surface area contributed by atoms with Gasteiger partial charge < -0.3 is 0 Å². The molecule has 0 fully saturated rings. The van der Waals surface area contributed by atoms with E-state index in [1.807, 2.05) is 19.1 Å². The largest absolute Gasteiger partial charge is 0.288 e. The maximum atomic E-state index is 11.7. The fourth-order valence-corrected chi connectivity index (χ4v) is 1.57. The van der Waals surface area contributed by atoms with Crippen LogP contribution in [-0.4, -0.2) is 13.0 Å². The van der Waals surface area contributed by atoms with Crippen LogP contribution in [-0.2, 0) is 5.41 Å². The predicted molar refractivity (Wildman–Crippen MR) is 66.4 cm³/mol. The topological polar surface area (TPSA) is 41.1 Å². The Balaban J connectivity index is 3.05. The Morgan fingerprint density at radius 2 is 1.88 bits per heavy atom. The number of nitrogens with one attached hydrogen (secondary N) is 2. The number of hydrazine groups is 1. The minimum Gasteiger partial charge on any atom is -0.288 e. The minimum absolute atomic E-state index is 0.0968. The Bertz CT molecular complexity index is 391. The third-order valence-corrected chi connectivity index (χ3v) is 2.58. The molecule has 3 heteroatoms. The second-order valence-corrected chi connectivity index (χ2v) is 4.98. The van der Waals surface area contributed by atoms with Gasteiger partial charge in [0.15, 0.2) is 0 Å². The van der Waals surface area contributed by atoms with E-state index in [-0.39, 0.29) is 11.3 Å². The molecule has 2 N–H and O–H groups in total. The molecule has 0 spiro atoms. The van der Waals surface area contributed by atoms with E-state index in [0.29, 0.717) is 5.56 Å². The molecule has 0 bridgehead atoms. The van der Waals surface area contributed by atoms with Crippen LogP contribution >= 0.6 is 0 Å². The van der Waals surface area contributed by atoms with E-state index in [2.05, 4.69) is 37.7 Å². The summed E-state index contributed by atoms with van der Waals surface area (Å²) in [5, 5.41) is 0. The molecule has 0 aliphatic rings. The lowest BCUT2D eigenvalue weighted by atomic mass is 9.85. The Hall–Kier alpha value is -1.35. The first kappa shape index (κ1) is 12.7. The molecule has 0 aromatic heterocycles. The van der Waals surface area contributed by atoms with Crippen molar-refractivity contribution in [1.29, 1.82) is 0 Å². The lowest BCUT2D eigenvalue weighted by molar-refractivity contribution is 0.0937. The van der Waals surface area contributed by atoms with E-state index in [1.54, 1.807) is 7.05 Å². The molecule has 0 heterocycles. The van der Waals surface area contributed by atoms with Crippen molar-refractivity contribution >= 4 is 5.91 Å². The highest BCUT2D eigenvalue weighted by Crippen LogP contribution is 2.24. The van der Waals surface area contributed by atoms with Crippen LogP contribution in [0.3, 0.4) is 0 Å². The zero-order valence-electron chi connectivity index (χ0n) is 10.6. The van der Waals surface area contributed by atoms with Crippen LogP contribution in [0.4, 0.5) is 0 Å². The van der Waals surface area contributed by atoms with Crippen LogP contribution in [0.15, 0.2) is 18.2 Å². The second-order valence-electron chi connectivity index (χ2n) is 4.98. The van der Waals surface area contributed by atoms with Gasteiger partial charge in [-0.05, 0) is 29.5 Å². The van der Waals surface area contributed by atoms with Crippen LogP contribution in [0.1, 0.15) is 42.3 Å². The maximum absolute atomic E-state index is 11.7. The molecule has 0 saturated heterocycles. The summed E-state index contributed by atoms with van der Waals surface area (Å²) in [6.07, 6.45) is 0. The fourth-order valence-electron chi connectivity index (χ4n) is 1.57. The number of amides is 1. The highest BCUT2D eigenvalue weighted by atomic mass is 16.2. The number of hydrogen-bond donors (Lipinski definition) is 2. The van der Waals surface area contributed by atoms with Gasteiger partial charge in [-0.3, -0.25) is 10.2 Å². The lowest BCUT2D eigenvalue weighted by Gasteiger charge is -2.20. The predicted octanol–water partition coefficient (Wildman–Crippen LogP) is 2.16. The normalized spacial score (nSPS) is 11.3. The first-order chi connectivity index (χ1) is 7.36. The molecule has 0 radical (unpaired) electrons. The first-order valence-corrected chi connectivity index (χ1v) is 5.44. The number of aryl methyl sites for hydroxylation is 1. The van der Waals surface area contributed by atoms with Crippen molar-refractivity contribution in [3.63, 3.8) is 0 Å². The quantitative estimate of drug-likeness (QED) is 0.750. The van der Waals surface area contributed by atoms with Gasteiger partial charge in [0.05, 0.1) is 0 Å². The Labute approximate surface area is 97.2 Å². The molecule has 88 valence electrons. The van der Waals surface area contributed by atoms with Crippen LogP contribution < -0.4 is 10.9 Å². The van der Waals surface area contributed by atoms with Crippen LogP contribution in [0.25, 0.3) is 0 Å². The highest BCUT2D eigenvalue weighted by molar-refractivity contribution is 5.95. The number of hydrogen-bond acceptors (Lipinski definition) is 2. The van der Waals surface area contributed by atoms with Gasteiger partial charge in [0, 0.05) is 12.6 Å². The van der Waals surface area contributed by atoms with E-state index in [0.717, 1.165) is 5.56 Å². The summed E-state index contributed by atoms with van der Waals surface area (Å²) < 4.78 is 0. The average molecular weight is 220 g/mol. The number of rotatable bonds is 2. The Morgan fingerprint density at radius 3 is 2.31 bits per heavy atom. The minimum atomic E-state index is -0.0968. The molecule has 0 aliphatic heterocycles. The van der Waals surface area contributed by atoms with Gasteiger partial charge in [0.25, 0.3) is 5.91 Å². The SMILES string of the molecule is CNNC(=O)c1ccc(C(C)(C)C)cc1C. The molecular formula is C13H20N2O. The lowest BCUT2D eigenvalue weighted by Crippen LogP contribution is -2.34. The van der Waals surface area contributed by atoms with Crippen LogP contribution in [0, 0.1) is 6.92 Å². The smallest absolute Gasteiger partial charge is 0.265 e. The van der Waals surface area contributed by atoms with Crippen molar-refractivity contribution in [2.75, 3.05) is 7.05 Å². The van der Waals surface area contributed by atoms with E-state index in [9.17, 15) is 4.79 Å². The van der Waals surface area contributed by atoms with Crippen molar-refractivity contribution in [3.8, 4) is 0 Å². The molecule has 1 aromatic carbocycles. The number of benzene rings is 1. The molecule has 1 rings (SSSR count). The first-order valence-electron chi connectivity index (χ1n) is 5.44. The second kappa shape index (κ2) is 4.66. The van der Waals surface area contributed by atoms with Crippen molar-refractivity contribution < 1.29 is 4.79 Å². The van der Waals surface area contributed by atoms with Crippen LogP contribution in [0.2, 0.25) is 0 Å². The van der Waals surface area contributed by atoms with Crippen molar-refractivity contribution in [3.05, 3.63) is 34.9 Å². The van der Waals surface area contributed by atoms with Gasteiger partial charge in [-0.25, -0.2) is 5.43 Å². The highest BCUT2D eigenvalue weighted by Gasteiger charge is 2.16. The van der Waals surface area contributed by atoms with Crippen molar-refractivity contribution in [2.45, 2.75) is 33.1 Å². The van der Waals surface area contributed by atoms with Crippen molar-refractivity contribution in [1.82, 2.24) is 10.9 Å². The van der Waals surface area contributed by atoms with Gasteiger partial charge in [-0.1, -0.05) is 32.9 Å². The molecule has 0 aliphatic carbocycles. The molecule has 0 unspecified atom stereocenters. The Morgan fingerprint density at radius 1 is 1.25 bits per heavy atom. The standard InChI is InChI=1S/C13H20N2O/c1-9-8-10(13(2,3)4)6-7-11(9)12(16)15-14-5/h6-8,14H,1-5H3,(H,15,16). The van der Waals surface area contributed by atoms with E-state index in [4.69, 9.17) is 0 Å². The molecule has 16 heavy (non-hydrogen) atoms. The maximum Gasteiger partial charge on any atom is 0.265 e. The summed E-state index contributed by atoms with van der Waals surface area (Å²) in [6, 6.07) is 5.96. The molecule has 1 aromatic rings. The summed E-state index contributed by atoms with van der Waals surface area (Å²) in [5.41, 5.74) is 8.28. The molecular weight excluding hydrogens is 200 g/mol. The average Bonchev–Trinajstić information content (AvgIpc) is 2.16. The van der Waals surface area contributed by atoms with Gasteiger partial charge in [0.1, 0.15) is 0 Å². The third kappa shape index (κ3) is 2.83. The summed E-state index contributed by atoms with van der Waals surface area (Å²) in [6.45, 7) is 8.44. The summed E-state index contributed by atoms with van der Waals surface area (Å²) >= 11 is 0. The number of carbonyl (C=O) groups is 1. The zero-order chi connectivity index (χ0) is 12.3. The zero-order valence-corrected chi connectivity index (χ0v) is 10.6. The molecule has 0 saturated carbocycles. The molecule has 3 nitrogen and oxygen atoms in total. The Kier molecular flexibility index (Phi) is 3.70.